The zero-order chi connectivity index (χ0) is 26.2. The van der Waals surface area contributed by atoms with Gasteiger partial charge in [0, 0.05) is 4.88 Å². The lowest BCUT2D eigenvalue weighted by Crippen LogP contribution is -2.32. The first-order valence-electron chi connectivity index (χ1n) is 11.8. The molecule has 9 nitrogen and oxygen atoms in total. The number of aryl methyl sites for hydroxylation is 1. The fourth-order valence-electron chi connectivity index (χ4n) is 3.81. The van der Waals surface area contributed by atoms with Gasteiger partial charge in [0.15, 0.2) is 0 Å². The van der Waals surface area contributed by atoms with Gasteiger partial charge in [0.05, 0.1) is 23.9 Å². The van der Waals surface area contributed by atoms with Gasteiger partial charge >= 0.3 is 23.8 Å². The van der Waals surface area contributed by atoms with Gasteiger partial charge < -0.3 is 14.8 Å². The average molecular weight is 520 g/mol. The summed E-state index contributed by atoms with van der Waals surface area (Å²) in [7, 11) is 0. The average Bonchev–Trinajstić information content (AvgIpc) is 3.28. The number of esters is 2. The molecule has 0 unspecified atom stereocenters. The number of hydrogen-bond acceptors (Lipinski definition) is 8. The number of ether oxygens (including phenoxy) is 2. The summed E-state index contributed by atoms with van der Waals surface area (Å²) < 4.78 is 10.5. The second-order valence-corrected chi connectivity index (χ2v) is 9.22. The van der Waals surface area contributed by atoms with E-state index in [-0.39, 0.29) is 6.61 Å². The number of nitrogens with one attached hydrogen (secondary N) is 2. The van der Waals surface area contributed by atoms with E-state index in [0.717, 1.165) is 36.1 Å². The van der Waals surface area contributed by atoms with E-state index >= 15 is 0 Å². The molecule has 1 aliphatic carbocycles. The summed E-state index contributed by atoms with van der Waals surface area (Å²) in [4.78, 5) is 50.4. The van der Waals surface area contributed by atoms with Crippen LogP contribution in [0.2, 0.25) is 0 Å². The molecular weight excluding hydrogens is 494 g/mol. The summed E-state index contributed by atoms with van der Waals surface area (Å²) in [6.07, 6.45) is 4.87. The maximum atomic E-state index is 12.5. The minimum Gasteiger partial charge on any atom is -0.462 e. The number of carbonyl (C=O) groups is 4. The van der Waals surface area contributed by atoms with E-state index < -0.39 is 23.8 Å². The van der Waals surface area contributed by atoms with Crippen molar-refractivity contribution in [1.82, 2.24) is 5.43 Å². The van der Waals surface area contributed by atoms with Crippen molar-refractivity contribution in [2.45, 2.75) is 32.6 Å². The van der Waals surface area contributed by atoms with E-state index in [0.29, 0.717) is 27.4 Å². The van der Waals surface area contributed by atoms with Gasteiger partial charge in [-0.05, 0) is 80.1 Å². The Morgan fingerprint density at radius 3 is 2.41 bits per heavy atom. The predicted octanol–water partition coefficient (Wildman–Crippen LogP) is 4.11. The molecule has 0 saturated heterocycles. The standard InChI is InChI=1S/C27H25N3O6S/c1-2-35-27(34)22-20-10-6-7-11-21(20)37-25(22)29-23(31)24(32)30-28-16-17-12-14-19(15-13-17)36-26(33)18-8-4-3-5-9-18/h3-5,8-9,12-16H,2,6-7,10-11H2,1H3,(H,29,31)(H,30,32). The van der Waals surface area contributed by atoms with Crippen LogP contribution in [0.25, 0.3) is 0 Å². The van der Waals surface area contributed by atoms with Crippen LogP contribution in [0.3, 0.4) is 0 Å². The van der Waals surface area contributed by atoms with Crippen LogP contribution >= 0.6 is 11.3 Å². The number of fused-ring (bicyclic) bond motifs is 1. The molecule has 4 rings (SSSR count). The number of rotatable bonds is 7. The van der Waals surface area contributed by atoms with Gasteiger partial charge in [0.25, 0.3) is 0 Å². The van der Waals surface area contributed by atoms with E-state index in [4.69, 9.17) is 9.47 Å². The highest BCUT2D eigenvalue weighted by molar-refractivity contribution is 7.17. The fraction of sp³-hybridized carbons (Fsp3) is 0.222. The third-order valence-electron chi connectivity index (χ3n) is 5.56. The number of anilines is 1. The highest BCUT2D eigenvalue weighted by atomic mass is 32.1. The molecule has 0 aliphatic heterocycles. The zero-order valence-electron chi connectivity index (χ0n) is 20.1. The van der Waals surface area contributed by atoms with E-state index in [9.17, 15) is 19.2 Å². The van der Waals surface area contributed by atoms with Crippen molar-refractivity contribution in [2.24, 2.45) is 5.10 Å². The number of benzene rings is 2. The molecule has 2 N–H and O–H groups in total. The van der Waals surface area contributed by atoms with Crippen LogP contribution in [-0.2, 0) is 27.2 Å². The van der Waals surface area contributed by atoms with Crippen molar-refractivity contribution in [3.05, 3.63) is 81.7 Å². The third-order valence-corrected chi connectivity index (χ3v) is 6.77. The number of hydrazone groups is 1. The number of nitrogens with zero attached hydrogens (tertiary/aromatic N) is 1. The smallest absolute Gasteiger partial charge is 0.343 e. The van der Waals surface area contributed by atoms with E-state index in [1.54, 1.807) is 55.5 Å². The molecule has 1 aliphatic rings. The Bertz CT molecular complexity index is 1330. The lowest BCUT2D eigenvalue weighted by molar-refractivity contribution is -0.136. The molecule has 37 heavy (non-hydrogen) atoms. The molecule has 1 heterocycles. The van der Waals surface area contributed by atoms with Gasteiger partial charge in [-0.2, -0.15) is 5.10 Å². The Hall–Kier alpha value is -4.31. The molecule has 0 atom stereocenters. The van der Waals surface area contributed by atoms with Crippen molar-refractivity contribution in [2.75, 3.05) is 11.9 Å². The fourth-order valence-corrected chi connectivity index (χ4v) is 5.08. The number of thiophene rings is 1. The molecule has 3 aromatic rings. The Kier molecular flexibility index (Phi) is 8.42. The van der Waals surface area contributed by atoms with Crippen molar-refractivity contribution in [3.8, 4) is 5.75 Å². The minimum atomic E-state index is -0.981. The topological polar surface area (TPSA) is 123 Å². The van der Waals surface area contributed by atoms with Crippen LogP contribution in [0, 0.1) is 0 Å². The summed E-state index contributed by atoms with van der Waals surface area (Å²) in [5, 5.41) is 6.67. The lowest BCUT2D eigenvalue weighted by Gasteiger charge is -2.12. The monoisotopic (exact) mass is 519 g/mol. The van der Waals surface area contributed by atoms with Crippen LogP contribution in [0.1, 0.15) is 56.5 Å². The second kappa shape index (κ2) is 12.1. The summed E-state index contributed by atoms with van der Waals surface area (Å²) in [5.74, 6) is -2.55. The first-order valence-corrected chi connectivity index (χ1v) is 12.6. The van der Waals surface area contributed by atoms with Crippen LogP contribution in [0.15, 0.2) is 59.7 Å². The van der Waals surface area contributed by atoms with Crippen LogP contribution in [0.4, 0.5) is 5.00 Å². The minimum absolute atomic E-state index is 0.211. The largest absolute Gasteiger partial charge is 0.462 e. The van der Waals surface area contributed by atoms with Crippen molar-refractivity contribution in [1.29, 1.82) is 0 Å². The van der Waals surface area contributed by atoms with Crippen LogP contribution in [0.5, 0.6) is 5.75 Å². The molecule has 0 fully saturated rings. The third kappa shape index (κ3) is 6.47. The highest BCUT2D eigenvalue weighted by Crippen LogP contribution is 2.38. The molecular formula is C27H25N3O6S. The summed E-state index contributed by atoms with van der Waals surface area (Å²) >= 11 is 1.30. The van der Waals surface area contributed by atoms with Gasteiger partial charge in [0.1, 0.15) is 10.8 Å². The maximum Gasteiger partial charge on any atom is 0.343 e. The predicted molar refractivity (Wildman–Crippen MR) is 139 cm³/mol. The molecule has 2 aromatic carbocycles. The van der Waals surface area contributed by atoms with Crippen LogP contribution < -0.4 is 15.5 Å². The Labute approximate surface area is 217 Å². The molecule has 0 bridgehead atoms. The number of carbonyl (C=O) groups excluding carboxylic acids is 4. The summed E-state index contributed by atoms with van der Waals surface area (Å²) in [6.45, 7) is 1.92. The normalized spacial score (nSPS) is 12.5. The van der Waals surface area contributed by atoms with Gasteiger partial charge in [-0.15, -0.1) is 11.3 Å². The number of amides is 2. The Morgan fingerprint density at radius 1 is 0.946 bits per heavy atom. The zero-order valence-corrected chi connectivity index (χ0v) is 20.9. The molecule has 0 spiro atoms. The quantitative estimate of drug-likeness (QED) is 0.159. The molecule has 10 heteroatoms. The van der Waals surface area contributed by atoms with Gasteiger partial charge in [-0.1, -0.05) is 18.2 Å². The van der Waals surface area contributed by atoms with Crippen molar-refractivity contribution >= 4 is 46.3 Å². The number of hydrogen-bond donors (Lipinski definition) is 2. The molecule has 1 aromatic heterocycles. The second-order valence-electron chi connectivity index (χ2n) is 8.11. The van der Waals surface area contributed by atoms with E-state index in [1.165, 1.54) is 17.6 Å². The van der Waals surface area contributed by atoms with Gasteiger partial charge in [-0.3, -0.25) is 9.59 Å². The molecule has 0 saturated carbocycles. The Balaban J connectivity index is 1.34. The van der Waals surface area contributed by atoms with Crippen molar-refractivity contribution in [3.63, 3.8) is 0 Å². The van der Waals surface area contributed by atoms with Crippen LogP contribution in [-0.4, -0.2) is 36.6 Å². The SMILES string of the molecule is CCOC(=O)c1c(NC(=O)C(=O)NN=Cc2ccc(OC(=O)c3ccccc3)cc2)sc2c1CCCC2. The molecule has 190 valence electrons. The molecule has 0 radical (unpaired) electrons. The van der Waals surface area contributed by atoms with Gasteiger partial charge in [-0.25, -0.2) is 15.0 Å². The summed E-state index contributed by atoms with van der Waals surface area (Å²) in [6, 6.07) is 15.1. The van der Waals surface area contributed by atoms with Crippen molar-refractivity contribution < 1.29 is 28.7 Å². The Morgan fingerprint density at radius 2 is 1.68 bits per heavy atom. The maximum absolute atomic E-state index is 12.5. The summed E-state index contributed by atoms with van der Waals surface area (Å²) in [5.41, 5.74) is 4.44. The highest BCUT2D eigenvalue weighted by Gasteiger charge is 2.28. The molecule has 2 amide bonds. The first kappa shape index (κ1) is 25.8. The van der Waals surface area contributed by atoms with E-state index in [2.05, 4.69) is 15.8 Å². The van der Waals surface area contributed by atoms with Gasteiger partial charge in [0.2, 0.25) is 0 Å². The lowest BCUT2D eigenvalue weighted by atomic mass is 9.95. The first-order chi connectivity index (χ1) is 18.0. The van der Waals surface area contributed by atoms with E-state index in [1.807, 2.05) is 6.07 Å².